The van der Waals surface area contributed by atoms with Gasteiger partial charge in [0.15, 0.2) is 5.82 Å². The molecule has 0 saturated heterocycles. The number of aromatic nitrogens is 4. The van der Waals surface area contributed by atoms with Crippen molar-refractivity contribution in [1.29, 1.82) is 5.26 Å². The van der Waals surface area contributed by atoms with E-state index in [9.17, 15) is 10.1 Å². The van der Waals surface area contributed by atoms with Gasteiger partial charge in [-0.3, -0.25) is 9.48 Å². The average molecular weight is 563 g/mol. The lowest BCUT2D eigenvalue weighted by Crippen LogP contribution is -2.13. The molecule has 1 saturated carbocycles. The normalized spacial score (nSPS) is 13.1. The highest BCUT2D eigenvalue weighted by atomic mass is 35.5. The number of phosphoric acid groups is 1. The minimum Gasteiger partial charge on any atom is -0.489 e. The first-order valence-electron chi connectivity index (χ1n) is 11.0. The molecule has 0 atom stereocenters. The van der Waals surface area contributed by atoms with Crippen LogP contribution in [0.1, 0.15) is 24.1 Å². The third-order valence-electron chi connectivity index (χ3n) is 5.66. The second-order valence-electron chi connectivity index (χ2n) is 8.36. The zero-order valence-electron chi connectivity index (χ0n) is 19.7. The molecule has 1 aliphatic rings. The van der Waals surface area contributed by atoms with Crippen LogP contribution in [0, 0.1) is 17.1 Å². The number of nitriles is 1. The number of aromatic amines is 1. The van der Waals surface area contributed by atoms with E-state index in [-0.39, 0.29) is 40.1 Å². The molecule has 5 rings (SSSR count). The average Bonchev–Trinajstić information content (AvgIpc) is 3.59. The van der Waals surface area contributed by atoms with E-state index in [2.05, 4.69) is 21.4 Å². The third kappa shape index (κ3) is 5.76. The van der Waals surface area contributed by atoms with Crippen LogP contribution in [0.2, 0.25) is 5.02 Å². The van der Waals surface area contributed by atoms with Crippen molar-refractivity contribution in [2.75, 3.05) is 0 Å². The molecule has 2 aromatic carbocycles. The number of rotatable bonds is 5. The lowest BCUT2D eigenvalue weighted by molar-refractivity contribution is 0.275. The summed E-state index contributed by atoms with van der Waals surface area (Å²) < 4.78 is 31.6. The molecule has 1 aliphatic carbocycles. The molecule has 12 nitrogen and oxygen atoms in total. The lowest BCUT2D eigenvalue weighted by Gasteiger charge is -2.15. The van der Waals surface area contributed by atoms with Crippen molar-refractivity contribution in [3.05, 3.63) is 62.9 Å². The van der Waals surface area contributed by atoms with Crippen molar-refractivity contribution in [3.63, 3.8) is 0 Å². The number of nitrogens with one attached hydrogen (secondary N) is 1. The highest BCUT2D eigenvalue weighted by Crippen LogP contribution is 2.43. The number of nitrogens with zero attached hydrogens (tertiary/aromatic N) is 4. The van der Waals surface area contributed by atoms with E-state index in [1.165, 1.54) is 10.7 Å². The fourth-order valence-corrected chi connectivity index (χ4v) is 4.08. The molecule has 38 heavy (non-hydrogen) atoms. The Kier molecular flexibility index (Phi) is 7.66. The Morgan fingerprint density at radius 2 is 2.00 bits per heavy atom. The molecule has 198 valence electrons. The molecule has 4 aromatic rings. The van der Waals surface area contributed by atoms with Crippen LogP contribution in [0.15, 0.2) is 35.3 Å². The smallest absolute Gasteiger partial charge is 0.466 e. The van der Waals surface area contributed by atoms with Crippen molar-refractivity contribution < 1.29 is 28.4 Å². The number of nitrogens with two attached hydrogens (primary N) is 1. The summed E-state index contributed by atoms with van der Waals surface area (Å²) in [5, 5.41) is 21.5. The number of ether oxygens (including phenoxy) is 1. The predicted octanol–water partition coefficient (Wildman–Crippen LogP) is 2.73. The van der Waals surface area contributed by atoms with Gasteiger partial charge < -0.3 is 25.2 Å². The highest BCUT2D eigenvalue weighted by molar-refractivity contribution is 7.45. The minimum atomic E-state index is -4.64. The Bertz CT molecular complexity index is 1680. The van der Waals surface area contributed by atoms with Crippen LogP contribution in [-0.4, -0.2) is 40.8 Å². The molecular formula is C23H21ClFN6O6P. The van der Waals surface area contributed by atoms with Crippen molar-refractivity contribution >= 4 is 30.2 Å². The van der Waals surface area contributed by atoms with E-state index in [0.29, 0.717) is 33.3 Å². The molecule has 2 heterocycles. The number of aryl methyl sites for hydroxylation is 1. The molecular weight excluding hydrogens is 542 g/mol. The first kappa shape index (κ1) is 27.4. The Morgan fingerprint density at radius 3 is 2.61 bits per heavy atom. The maximum absolute atomic E-state index is 15.4. The Morgan fingerprint density at radius 1 is 1.32 bits per heavy atom. The fourth-order valence-electron chi connectivity index (χ4n) is 3.88. The molecule has 15 heteroatoms. The molecule has 0 bridgehead atoms. The Labute approximate surface area is 219 Å². The zero-order valence-corrected chi connectivity index (χ0v) is 21.4. The van der Waals surface area contributed by atoms with Gasteiger partial charge in [0.1, 0.15) is 17.4 Å². The first-order chi connectivity index (χ1) is 17.9. The van der Waals surface area contributed by atoms with E-state index in [0.717, 1.165) is 12.8 Å². The van der Waals surface area contributed by atoms with Crippen molar-refractivity contribution in [3.8, 4) is 34.2 Å². The predicted molar refractivity (Wildman–Crippen MR) is 135 cm³/mol. The van der Waals surface area contributed by atoms with E-state index < -0.39 is 13.6 Å². The van der Waals surface area contributed by atoms with E-state index >= 15 is 4.39 Å². The van der Waals surface area contributed by atoms with Crippen molar-refractivity contribution in [1.82, 2.24) is 20.0 Å². The maximum Gasteiger partial charge on any atom is 0.466 e. The van der Waals surface area contributed by atoms with Crippen molar-refractivity contribution in [2.24, 2.45) is 12.8 Å². The first-order valence-corrected chi connectivity index (χ1v) is 13.0. The quantitative estimate of drug-likeness (QED) is 0.225. The van der Waals surface area contributed by atoms with Crippen molar-refractivity contribution in [2.45, 2.75) is 25.5 Å². The van der Waals surface area contributed by atoms with Gasteiger partial charge in [-0.05, 0) is 30.5 Å². The van der Waals surface area contributed by atoms with Gasteiger partial charge in [-0.15, -0.1) is 0 Å². The Balaban J connectivity index is 0.000000617. The standard InChI is InChI=1S/C23H18ClFN6O2.H3O4P/c1-31-22(20-15(8-26)19(33-12-3-4-12)7-17(24)21(20)25)16(10-28-31)11-2-5-13-14(6-11)18(9-27)29-30-23(13)32;1-5(2,3)4/h2,5-7,10,12H,3-4,9,27H2,1H3,(H,30,32);(H3,1,2,3,4). The SMILES string of the molecule is Cn1ncc(-c2ccc3c(=O)[nH]nc(CN)c3c2)c1-c1c(F)c(Cl)cc(OC2CC2)c1C#N.O=P(O)(O)O. The minimum absolute atomic E-state index is 0.00162. The van der Waals surface area contributed by atoms with Gasteiger partial charge in [0.2, 0.25) is 0 Å². The number of H-pyrrole nitrogens is 1. The number of benzene rings is 2. The summed E-state index contributed by atoms with van der Waals surface area (Å²) in [6, 6.07) is 8.57. The van der Waals surface area contributed by atoms with E-state index in [1.54, 1.807) is 31.4 Å². The summed E-state index contributed by atoms with van der Waals surface area (Å²) in [6.07, 6.45) is 3.32. The van der Waals surface area contributed by atoms with Gasteiger partial charge in [-0.1, -0.05) is 17.7 Å². The fraction of sp³-hybridized carbons (Fsp3) is 0.217. The maximum atomic E-state index is 15.4. The highest BCUT2D eigenvalue weighted by Gasteiger charge is 2.29. The van der Waals surface area contributed by atoms with Crippen LogP contribution in [0.5, 0.6) is 5.75 Å². The van der Waals surface area contributed by atoms with Crippen LogP contribution in [0.25, 0.3) is 33.2 Å². The largest absolute Gasteiger partial charge is 0.489 e. The number of hydrogen-bond acceptors (Lipinski definition) is 7. The van der Waals surface area contributed by atoms with Gasteiger partial charge in [-0.2, -0.15) is 15.5 Å². The third-order valence-corrected chi connectivity index (χ3v) is 5.94. The van der Waals surface area contributed by atoms with Gasteiger partial charge in [0.05, 0.1) is 39.7 Å². The second kappa shape index (κ2) is 10.6. The summed E-state index contributed by atoms with van der Waals surface area (Å²) in [5.74, 6) is -0.490. The molecule has 6 N–H and O–H groups in total. The van der Waals surface area contributed by atoms with Gasteiger partial charge in [0, 0.05) is 30.6 Å². The lowest BCUT2D eigenvalue weighted by atomic mass is 9.95. The van der Waals surface area contributed by atoms with Crippen LogP contribution in [0.4, 0.5) is 4.39 Å². The summed E-state index contributed by atoms with van der Waals surface area (Å²) in [4.78, 5) is 33.8. The topological polar surface area (TPSA) is 200 Å². The van der Waals surface area contributed by atoms with Gasteiger partial charge >= 0.3 is 7.82 Å². The molecule has 2 aromatic heterocycles. The summed E-state index contributed by atoms with van der Waals surface area (Å²) in [7, 11) is -2.99. The van der Waals surface area contributed by atoms with Crippen LogP contribution in [0.3, 0.4) is 0 Å². The summed E-state index contributed by atoms with van der Waals surface area (Å²) >= 11 is 6.20. The van der Waals surface area contributed by atoms with Crippen LogP contribution >= 0.6 is 19.4 Å². The number of fused-ring (bicyclic) bond motifs is 1. The zero-order chi connectivity index (χ0) is 27.8. The molecule has 0 aliphatic heterocycles. The number of hydrogen-bond donors (Lipinski definition) is 5. The number of halogens is 2. The van der Waals surface area contributed by atoms with Crippen LogP contribution < -0.4 is 16.0 Å². The molecule has 1 fully saturated rings. The molecule has 0 amide bonds. The molecule has 0 unspecified atom stereocenters. The summed E-state index contributed by atoms with van der Waals surface area (Å²) in [6.45, 7) is 0.125. The monoisotopic (exact) mass is 562 g/mol. The van der Waals surface area contributed by atoms with Crippen LogP contribution in [-0.2, 0) is 18.2 Å². The van der Waals surface area contributed by atoms with E-state index in [1.807, 2.05) is 0 Å². The van der Waals surface area contributed by atoms with Gasteiger partial charge in [-0.25, -0.2) is 14.1 Å². The molecule has 0 radical (unpaired) electrons. The summed E-state index contributed by atoms with van der Waals surface area (Å²) in [5.41, 5.74) is 7.61. The van der Waals surface area contributed by atoms with E-state index in [4.69, 9.17) is 41.3 Å². The van der Waals surface area contributed by atoms with Gasteiger partial charge in [0.25, 0.3) is 5.56 Å². The molecule has 0 spiro atoms. The Hall–Kier alpha value is -3.63. The second-order valence-corrected chi connectivity index (χ2v) is 9.79.